The lowest BCUT2D eigenvalue weighted by Gasteiger charge is -2.45. The van der Waals surface area contributed by atoms with Gasteiger partial charge in [-0.05, 0) is 30.7 Å². The highest BCUT2D eigenvalue weighted by atomic mass is 19.4. The summed E-state index contributed by atoms with van der Waals surface area (Å²) in [6.45, 7) is 9.00. The van der Waals surface area contributed by atoms with Crippen molar-refractivity contribution in [1.29, 1.82) is 0 Å². The lowest BCUT2D eigenvalue weighted by molar-refractivity contribution is -0.135. The first-order chi connectivity index (χ1) is 15.0. The molecule has 0 bridgehead atoms. The van der Waals surface area contributed by atoms with Crippen molar-refractivity contribution in [3.8, 4) is 0 Å². The molecule has 6 heteroatoms. The van der Waals surface area contributed by atoms with Crippen molar-refractivity contribution in [2.45, 2.75) is 136 Å². The number of hydrogen-bond acceptors (Lipinski definition) is 2. The molecule has 1 rings (SSSR count). The molecule has 0 aliphatic carbocycles. The Morgan fingerprint density at radius 2 is 1.22 bits per heavy atom. The first-order valence-electron chi connectivity index (χ1n) is 12.6. The second kappa shape index (κ2) is 14.0. The molecule has 1 aromatic rings. The predicted molar refractivity (Wildman–Crippen MR) is 127 cm³/mol. The SMILES string of the molecule is CCCCCCCCC(CCCCCCCCC(F)(F)F)(c1ccc(=O)[nH]n1)C(C)(C)C. The number of halogens is 3. The highest BCUT2D eigenvalue weighted by Gasteiger charge is 2.43. The number of alkyl halides is 3. The van der Waals surface area contributed by atoms with E-state index in [9.17, 15) is 18.0 Å². The molecule has 0 fully saturated rings. The van der Waals surface area contributed by atoms with Crippen LogP contribution in [0.5, 0.6) is 0 Å². The summed E-state index contributed by atoms with van der Waals surface area (Å²) in [5, 5.41) is 7.10. The summed E-state index contributed by atoms with van der Waals surface area (Å²) in [6.07, 6.45) is 9.45. The van der Waals surface area contributed by atoms with Crippen molar-refractivity contribution in [2.75, 3.05) is 0 Å². The Morgan fingerprint density at radius 3 is 1.62 bits per heavy atom. The summed E-state index contributed by atoms with van der Waals surface area (Å²) in [5.41, 5.74) is 0.630. The van der Waals surface area contributed by atoms with Crippen LogP contribution in [0.1, 0.15) is 130 Å². The molecule has 0 amide bonds. The van der Waals surface area contributed by atoms with Gasteiger partial charge in [-0.1, -0.05) is 98.3 Å². The number of aromatic amines is 1. The van der Waals surface area contributed by atoms with E-state index in [2.05, 4.69) is 37.9 Å². The molecule has 1 unspecified atom stereocenters. The molecule has 1 N–H and O–H groups in total. The third-order valence-electron chi connectivity index (χ3n) is 6.88. The molecule has 0 saturated heterocycles. The number of aromatic nitrogens is 2. The number of hydrogen-bond donors (Lipinski definition) is 1. The zero-order valence-corrected chi connectivity index (χ0v) is 20.8. The van der Waals surface area contributed by atoms with E-state index in [-0.39, 0.29) is 22.8 Å². The minimum Gasteiger partial charge on any atom is -0.268 e. The summed E-state index contributed by atoms with van der Waals surface area (Å²) >= 11 is 0. The minimum absolute atomic E-state index is 0.0195. The Hall–Kier alpha value is -1.33. The van der Waals surface area contributed by atoms with Gasteiger partial charge < -0.3 is 0 Å². The van der Waals surface area contributed by atoms with Gasteiger partial charge in [-0.15, -0.1) is 0 Å². The Bertz CT molecular complexity index is 658. The number of unbranched alkanes of at least 4 members (excludes halogenated alkanes) is 10. The summed E-state index contributed by atoms with van der Waals surface area (Å²) < 4.78 is 36.8. The molecule has 1 heterocycles. The van der Waals surface area contributed by atoms with Gasteiger partial charge in [-0.2, -0.15) is 18.3 Å². The maximum atomic E-state index is 12.3. The maximum Gasteiger partial charge on any atom is 0.389 e. The van der Waals surface area contributed by atoms with Crippen molar-refractivity contribution < 1.29 is 13.2 Å². The van der Waals surface area contributed by atoms with Crippen LogP contribution in [0.2, 0.25) is 0 Å². The maximum absolute atomic E-state index is 12.3. The highest BCUT2D eigenvalue weighted by Crippen LogP contribution is 2.48. The Labute approximate surface area is 193 Å². The molecule has 186 valence electrons. The van der Waals surface area contributed by atoms with Crippen LogP contribution in [0.3, 0.4) is 0 Å². The van der Waals surface area contributed by atoms with E-state index in [1.54, 1.807) is 6.07 Å². The van der Waals surface area contributed by atoms with Crippen LogP contribution in [0.4, 0.5) is 13.2 Å². The number of nitrogens with one attached hydrogen (secondary N) is 1. The summed E-state index contributed by atoms with van der Waals surface area (Å²) in [7, 11) is 0. The van der Waals surface area contributed by atoms with E-state index in [4.69, 9.17) is 0 Å². The molecule has 0 saturated carbocycles. The average molecular weight is 459 g/mol. The zero-order valence-electron chi connectivity index (χ0n) is 20.8. The van der Waals surface area contributed by atoms with Gasteiger partial charge >= 0.3 is 6.18 Å². The van der Waals surface area contributed by atoms with E-state index in [1.165, 1.54) is 32.1 Å². The zero-order chi connectivity index (χ0) is 24.1. The van der Waals surface area contributed by atoms with E-state index in [0.717, 1.165) is 50.6 Å². The smallest absolute Gasteiger partial charge is 0.268 e. The molecule has 0 aromatic carbocycles. The second-order valence-electron chi connectivity index (χ2n) is 10.4. The highest BCUT2D eigenvalue weighted by molar-refractivity contribution is 5.19. The lowest BCUT2D eigenvalue weighted by atomic mass is 9.59. The van der Waals surface area contributed by atoms with Crippen LogP contribution in [0.25, 0.3) is 0 Å². The molecule has 1 aromatic heterocycles. The number of H-pyrrole nitrogens is 1. The van der Waals surface area contributed by atoms with Gasteiger partial charge in [0, 0.05) is 17.9 Å². The van der Waals surface area contributed by atoms with E-state index in [1.807, 2.05) is 6.07 Å². The van der Waals surface area contributed by atoms with Crippen LogP contribution in [0, 0.1) is 5.41 Å². The molecular formula is C26H45F3N2O. The number of rotatable bonds is 16. The topological polar surface area (TPSA) is 45.8 Å². The second-order valence-corrected chi connectivity index (χ2v) is 10.4. The third kappa shape index (κ3) is 10.5. The fraction of sp³-hybridized carbons (Fsp3) is 0.846. The average Bonchev–Trinajstić information content (AvgIpc) is 2.70. The normalized spacial score (nSPS) is 14.5. The fourth-order valence-corrected chi connectivity index (χ4v) is 4.79. The van der Waals surface area contributed by atoms with Gasteiger partial charge in [0.15, 0.2) is 0 Å². The first kappa shape index (κ1) is 28.7. The van der Waals surface area contributed by atoms with Gasteiger partial charge in [0.1, 0.15) is 0 Å². The molecule has 0 aliphatic heterocycles. The quantitative estimate of drug-likeness (QED) is 0.252. The number of nitrogens with zero attached hydrogens (tertiary/aromatic N) is 1. The summed E-state index contributed by atoms with van der Waals surface area (Å²) in [6, 6.07) is 3.46. The molecule has 0 spiro atoms. The molecule has 1 atom stereocenters. The van der Waals surface area contributed by atoms with Gasteiger partial charge in [0.2, 0.25) is 0 Å². The van der Waals surface area contributed by atoms with Crippen LogP contribution in [-0.2, 0) is 5.41 Å². The fourth-order valence-electron chi connectivity index (χ4n) is 4.79. The van der Waals surface area contributed by atoms with Crippen LogP contribution < -0.4 is 5.56 Å². The van der Waals surface area contributed by atoms with Crippen molar-refractivity contribution in [1.82, 2.24) is 10.2 Å². The van der Waals surface area contributed by atoms with Gasteiger partial charge in [0.05, 0.1) is 5.69 Å². The minimum atomic E-state index is -4.04. The van der Waals surface area contributed by atoms with Gasteiger partial charge in [-0.25, -0.2) is 5.10 Å². The van der Waals surface area contributed by atoms with Crippen molar-refractivity contribution in [3.63, 3.8) is 0 Å². The molecule has 0 aliphatic rings. The standard InChI is InChI=1S/C26H45F3N2O/c1-5-6-7-8-11-14-19-25(24(2,3)4,22-17-18-23(32)31-30-22)20-15-12-9-10-13-16-21-26(27,28)29/h17-18H,5-16,19-21H2,1-4H3,(H,31,32). The first-order valence-corrected chi connectivity index (χ1v) is 12.6. The largest absolute Gasteiger partial charge is 0.389 e. The molecular weight excluding hydrogens is 413 g/mol. The van der Waals surface area contributed by atoms with Crippen molar-refractivity contribution in [2.24, 2.45) is 5.41 Å². The molecule has 0 radical (unpaired) electrons. The Balaban J connectivity index is 2.71. The Morgan fingerprint density at radius 1 is 0.750 bits per heavy atom. The van der Waals surface area contributed by atoms with Crippen LogP contribution >= 0.6 is 0 Å². The monoisotopic (exact) mass is 458 g/mol. The van der Waals surface area contributed by atoms with E-state index in [0.29, 0.717) is 6.42 Å². The van der Waals surface area contributed by atoms with Crippen LogP contribution in [0.15, 0.2) is 16.9 Å². The third-order valence-corrected chi connectivity index (χ3v) is 6.88. The molecule has 32 heavy (non-hydrogen) atoms. The summed E-state index contributed by atoms with van der Waals surface area (Å²) in [4.78, 5) is 11.6. The molecule has 3 nitrogen and oxygen atoms in total. The van der Waals surface area contributed by atoms with Crippen molar-refractivity contribution in [3.05, 3.63) is 28.2 Å². The van der Waals surface area contributed by atoms with E-state index < -0.39 is 12.6 Å². The lowest BCUT2D eigenvalue weighted by Crippen LogP contribution is -2.41. The van der Waals surface area contributed by atoms with Gasteiger partial charge in [-0.3, -0.25) is 4.79 Å². The van der Waals surface area contributed by atoms with Crippen LogP contribution in [-0.4, -0.2) is 16.4 Å². The Kier molecular flexibility index (Phi) is 12.6. The van der Waals surface area contributed by atoms with Gasteiger partial charge in [0.25, 0.3) is 5.56 Å². The predicted octanol–water partition coefficient (Wildman–Crippen LogP) is 8.49. The summed E-state index contributed by atoms with van der Waals surface area (Å²) in [5.74, 6) is 0. The van der Waals surface area contributed by atoms with E-state index >= 15 is 0 Å². The van der Waals surface area contributed by atoms with Crippen molar-refractivity contribution >= 4 is 0 Å².